The quantitative estimate of drug-likeness (QED) is 0.384. The topological polar surface area (TPSA) is 116 Å². The van der Waals surface area contributed by atoms with Gasteiger partial charge in [-0.05, 0) is 23.8 Å². The Balaban J connectivity index is 1.55. The van der Waals surface area contributed by atoms with E-state index in [9.17, 15) is 10.2 Å². The van der Waals surface area contributed by atoms with Crippen LogP contribution in [0.4, 0.5) is 17.6 Å². The molecule has 0 spiro atoms. The number of nitrogens with zero attached hydrogens (tertiary/aromatic N) is 5. The summed E-state index contributed by atoms with van der Waals surface area (Å²) in [5.41, 5.74) is 3.59. The Morgan fingerprint density at radius 2 is 1.59 bits per heavy atom. The van der Waals surface area contributed by atoms with Crippen LogP contribution in [-0.2, 0) is 9.47 Å². The predicted molar refractivity (Wildman–Crippen MR) is 109 cm³/mol. The Morgan fingerprint density at radius 1 is 0.897 bits per heavy atom. The van der Waals surface area contributed by atoms with Crippen molar-refractivity contribution in [3.8, 4) is 11.5 Å². The first-order valence-corrected chi connectivity index (χ1v) is 9.54. The minimum atomic E-state index is -0.194. The molecule has 2 fully saturated rings. The lowest BCUT2D eigenvalue weighted by Crippen LogP contribution is -2.39. The largest absolute Gasteiger partial charge is 0.504 e. The van der Waals surface area contributed by atoms with Gasteiger partial charge in [0.25, 0.3) is 0 Å². The molecule has 4 rings (SSSR count). The first-order chi connectivity index (χ1) is 14.2. The van der Waals surface area contributed by atoms with Crippen molar-refractivity contribution in [2.75, 3.05) is 67.8 Å². The zero-order valence-corrected chi connectivity index (χ0v) is 16.0. The van der Waals surface area contributed by atoms with Crippen molar-refractivity contribution in [1.82, 2.24) is 9.97 Å². The van der Waals surface area contributed by atoms with Gasteiger partial charge in [0, 0.05) is 32.2 Å². The lowest BCUT2D eigenvalue weighted by molar-refractivity contribution is 0.121. The number of benzene rings is 1. The van der Waals surface area contributed by atoms with Crippen molar-refractivity contribution in [3.63, 3.8) is 0 Å². The number of aromatic nitrogens is 2. The molecule has 10 heteroatoms. The van der Waals surface area contributed by atoms with E-state index < -0.39 is 0 Å². The van der Waals surface area contributed by atoms with E-state index in [1.165, 1.54) is 12.1 Å². The van der Waals surface area contributed by atoms with Crippen LogP contribution in [0.25, 0.3) is 0 Å². The van der Waals surface area contributed by atoms with Gasteiger partial charge in [-0.25, -0.2) is 0 Å². The number of aromatic hydroxyl groups is 2. The average Bonchev–Trinajstić information content (AvgIpc) is 2.77. The van der Waals surface area contributed by atoms with Crippen molar-refractivity contribution in [2.24, 2.45) is 5.10 Å². The first kappa shape index (κ1) is 19.2. The number of rotatable bonds is 5. The summed E-state index contributed by atoms with van der Waals surface area (Å²) in [6.45, 7) is 5.66. The molecule has 2 aromatic rings. The average molecular weight is 400 g/mol. The Kier molecular flexibility index (Phi) is 5.92. The SMILES string of the molecule is Oc1ccc(C=NNc2cc(N3CCOCC3)nc(N3CCOCC3)n2)cc1O. The highest BCUT2D eigenvalue weighted by Crippen LogP contribution is 2.24. The van der Waals surface area contributed by atoms with Gasteiger partial charge >= 0.3 is 0 Å². The molecule has 10 nitrogen and oxygen atoms in total. The second-order valence-corrected chi connectivity index (χ2v) is 6.73. The van der Waals surface area contributed by atoms with Crippen molar-refractivity contribution < 1.29 is 19.7 Å². The Labute approximate surface area is 168 Å². The van der Waals surface area contributed by atoms with E-state index in [-0.39, 0.29) is 11.5 Å². The Morgan fingerprint density at radius 3 is 2.28 bits per heavy atom. The number of anilines is 3. The van der Waals surface area contributed by atoms with Crippen molar-refractivity contribution >= 4 is 23.8 Å². The van der Waals surface area contributed by atoms with E-state index in [0.29, 0.717) is 43.8 Å². The van der Waals surface area contributed by atoms with Gasteiger partial charge in [-0.1, -0.05) is 0 Å². The molecule has 2 saturated heterocycles. The summed E-state index contributed by atoms with van der Waals surface area (Å²) in [6, 6.07) is 6.35. The highest BCUT2D eigenvalue weighted by atomic mass is 16.5. The van der Waals surface area contributed by atoms with Gasteiger partial charge in [0.05, 0.1) is 32.6 Å². The standard InChI is InChI=1S/C19H24N6O4/c26-15-2-1-14(11-16(15)27)13-20-23-17-12-18(24-3-7-28-8-4-24)22-19(21-17)25-5-9-29-10-6-25/h1-2,11-13,26-27H,3-10H2,(H,21,22,23). The second kappa shape index (κ2) is 8.93. The van der Waals surface area contributed by atoms with Crippen LogP contribution in [0.15, 0.2) is 29.4 Å². The van der Waals surface area contributed by atoms with Gasteiger partial charge in [0.15, 0.2) is 17.3 Å². The molecule has 0 amide bonds. The highest BCUT2D eigenvalue weighted by Gasteiger charge is 2.19. The molecular formula is C19H24N6O4. The summed E-state index contributed by atoms with van der Waals surface area (Å²) in [5, 5.41) is 23.2. The lowest BCUT2D eigenvalue weighted by Gasteiger charge is -2.31. The van der Waals surface area contributed by atoms with Crippen LogP contribution in [-0.4, -0.2) is 79.0 Å². The molecule has 2 aliphatic rings. The third-order valence-electron chi connectivity index (χ3n) is 4.72. The monoisotopic (exact) mass is 400 g/mol. The first-order valence-electron chi connectivity index (χ1n) is 9.54. The molecule has 1 aromatic carbocycles. The molecule has 2 aliphatic heterocycles. The summed E-state index contributed by atoms with van der Waals surface area (Å²) in [7, 11) is 0. The predicted octanol–water partition coefficient (Wildman–Crippen LogP) is 1.01. The normalized spacial score (nSPS) is 17.7. The molecule has 0 unspecified atom stereocenters. The van der Waals surface area contributed by atoms with E-state index in [4.69, 9.17) is 14.5 Å². The maximum atomic E-state index is 9.59. The van der Waals surface area contributed by atoms with E-state index in [1.807, 2.05) is 6.07 Å². The number of nitrogens with one attached hydrogen (secondary N) is 1. The maximum absolute atomic E-state index is 9.59. The fourth-order valence-electron chi connectivity index (χ4n) is 3.13. The summed E-state index contributed by atoms with van der Waals surface area (Å²) in [4.78, 5) is 13.6. The van der Waals surface area contributed by atoms with Crippen LogP contribution < -0.4 is 15.2 Å². The molecule has 1 aromatic heterocycles. The molecule has 3 heterocycles. The van der Waals surface area contributed by atoms with Crippen molar-refractivity contribution in [3.05, 3.63) is 29.8 Å². The van der Waals surface area contributed by atoms with E-state index >= 15 is 0 Å². The number of ether oxygens (including phenoxy) is 2. The molecule has 3 N–H and O–H groups in total. The molecule has 29 heavy (non-hydrogen) atoms. The fourth-order valence-corrected chi connectivity index (χ4v) is 3.13. The summed E-state index contributed by atoms with van der Waals surface area (Å²) < 4.78 is 10.9. The molecule has 0 saturated carbocycles. The molecular weight excluding hydrogens is 376 g/mol. The van der Waals surface area contributed by atoms with Gasteiger partial charge < -0.3 is 29.5 Å². The van der Waals surface area contributed by atoms with E-state index in [0.717, 1.165) is 32.0 Å². The number of hydrogen-bond acceptors (Lipinski definition) is 10. The smallest absolute Gasteiger partial charge is 0.229 e. The van der Waals surface area contributed by atoms with Crippen LogP contribution in [0.5, 0.6) is 11.5 Å². The maximum Gasteiger partial charge on any atom is 0.229 e. The zero-order chi connectivity index (χ0) is 20.1. The number of hydrazone groups is 1. The Bertz CT molecular complexity index is 830. The Hall–Kier alpha value is -3.11. The van der Waals surface area contributed by atoms with E-state index in [1.54, 1.807) is 12.3 Å². The third-order valence-corrected chi connectivity index (χ3v) is 4.72. The van der Waals surface area contributed by atoms with Crippen LogP contribution in [0.1, 0.15) is 5.56 Å². The van der Waals surface area contributed by atoms with Gasteiger partial charge in [-0.3, -0.25) is 5.43 Å². The molecule has 0 atom stereocenters. The van der Waals surface area contributed by atoms with Crippen LogP contribution in [0, 0.1) is 0 Å². The summed E-state index contributed by atoms with van der Waals surface area (Å²) >= 11 is 0. The number of phenolic OH excluding ortho intramolecular Hbond substituents is 2. The van der Waals surface area contributed by atoms with Gasteiger partial charge in [0.2, 0.25) is 5.95 Å². The van der Waals surface area contributed by atoms with Gasteiger partial charge in [-0.2, -0.15) is 15.1 Å². The summed E-state index contributed by atoms with van der Waals surface area (Å²) in [5.74, 6) is 1.67. The van der Waals surface area contributed by atoms with Crippen LogP contribution >= 0.6 is 0 Å². The fraction of sp³-hybridized carbons (Fsp3) is 0.421. The number of hydrogen-bond donors (Lipinski definition) is 3. The van der Waals surface area contributed by atoms with Crippen LogP contribution in [0.2, 0.25) is 0 Å². The highest BCUT2D eigenvalue weighted by molar-refractivity contribution is 5.81. The molecule has 0 radical (unpaired) electrons. The zero-order valence-electron chi connectivity index (χ0n) is 16.0. The number of phenols is 2. The third kappa shape index (κ3) is 4.84. The number of morpholine rings is 2. The van der Waals surface area contributed by atoms with Crippen molar-refractivity contribution in [1.29, 1.82) is 0 Å². The molecule has 0 bridgehead atoms. The molecule has 0 aliphatic carbocycles. The molecule has 154 valence electrons. The second-order valence-electron chi connectivity index (χ2n) is 6.73. The van der Waals surface area contributed by atoms with Gasteiger partial charge in [0.1, 0.15) is 5.82 Å². The van der Waals surface area contributed by atoms with Crippen molar-refractivity contribution in [2.45, 2.75) is 0 Å². The minimum absolute atomic E-state index is 0.170. The van der Waals surface area contributed by atoms with Gasteiger partial charge in [-0.15, -0.1) is 0 Å². The van der Waals surface area contributed by atoms with E-state index in [2.05, 4.69) is 25.3 Å². The van der Waals surface area contributed by atoms with Crippen LogP contribution in [0.3, 0.4) is 0 Å². The lowest BCUT2D eigenvalue weighted by atomic mass is 10.2. The minimum Gasteiger partial charge on any atom is -0.504 e. The summed E-state index contributed by atoms with van der Waals surface area (Å²) in [6.07, 6.45) is 1.55.